The van der Waals surface area contributed by atoms with Gasteiger partial charge in [-0.3, -0.25) is 4.79 Å². The monoisotopic (exact) mass is 336 g/mol. The van der Waals surface area contributed by atoms with Crippen molar-refractivity contribution in [2.24, 2.45) is 0 Å². The second-order valence-corrected chi connectivity index (χ2v) is 6.99. The van der Waals surface area contributed by atoms with Crippen LogP contribution in [0.5, 0.6) is 0 Å². The van der Waals surface area contributed by atoms with E-state index in [1.165, 1.54) is 0 Å². The number of nitrogens with one attached hydrogen (secondary N) is 2. The van der Waals surface area contributed by atoms with Crippen molar-refractivity contribution in [2.75, 3.05) is 11.9 Å². The Bertz CT molecular complexity index is 611. The van der Waals surface area contributed by atoms with Crippen molar-refractivity contribution in [1.82, 2.24) is 5.32 Å². The average Bonchev–Trinajstić information content (AvgIpc) is 3.02. The molecule has 1 aliphatic rings. The summed E-state index contributed by atoms with van der Waals surface area (Å²) in [6.45, 7) is 1.27. The Hall–Kier alpha value is -1.33. The van der Waals surface area contributed by atoms with Gasteiger partial charge in [-0.25, -0.2) is 0 Å². The average molecular weight is 337 g/mol. The first-order valence-electron chi connectivity index (χ1n) is 6.09. The molecule has 0 saturated carbocycles. The van der Waals surface area contributed by atoms with E-state index in [9.17, 15) is 4.79 Å². The number of carbonyl (C=O) groups excluding carboxylic acids is 1. The summed E-state index contributed by atoms with van der Waals surface area (Å²) < 4.78 is 1.09. The number of benzene rings is 1. The minimum Gasteiger partial charge on any atom is -0.384 e. The van der Waals surface area contributed by atoms with Crippen LogP contribution in [-0.2, 0) is 11.3 Å². The Morgan fingerprint density at radius 3 is 3.00 bits per heavy atom. The number of hydrogen-bond acceptors (Lipinski definition) is 3. The molecule has 2 heterocycles. The van der Waals surface area contributed by atoms with Crippen molar-refractivity contribution in [3.8, 4) is 0 Å². The Balaban J connectivity index is 1.66. The minimum atomic E-state index is -0.0837. The van der Waals surface area contributed by atoms with Gasteiger partial charge in [-0.1, -0.05) is 18.2 Å². The SMILES string of the molecule is O=C(NCc1ccc(Br)s1)C1CNc2ccccc21. The number of fused-ring (bicyclic) bond motifs is 1. The van der Waals surface area contributed by atoms with Crippen LogP contribution in [0.25, 0.3) is 0 Å². The zero-order valence-corrected chi connectivity index (χ0v) is 12.6. The van der Waals surface area contributed by atoms with Crippen molar-refractivity contribution >= 4 is 38.9 Å². The van der Waals surface area contributed by atoms with Gasteiger partial charge in [0.05, 0.1) is 16.2 Å². The highest BCUT2D eigenvalue weighted by atomic mass is 79.9. The Morgan fingerprint density at radius 2 is 2.21 bits per heavy atom. The molecule has 1 unspecified atom stereocenters. The van der Waals surface area contributed by atoms with Gasteiger partial charge >= 0.3 is 0 Å². The number of para-hydroxylation sites is 1. The molecule has 1 aromatic carbocycles. The lowest BCUT2D eigenvalue weighted by Crippen LogP contribution is -2.29. The molecule has 2 N–H and O–H groups in total. The first-order valence-corrected chi connectivity index (χ1v) is 7.70. The normalized spacial score (nSPS) is 16.8. The van der Waals surface area contributed by atoms with Crippen LogP contribution in [-0.4, -0.2) is 12.5 Å². The van der Waals surface area contributed by atoms with Gasteiger partial charge in [0.1, 0.15) is 0 Å². The van der Waals surface area contributed by atoms with Gasteiger partial charge < -0.3 is 10.6 Å². The highest BCUT2D eigenvalue weighted by Gasteiger charge is 2.27. The van der Waals surface area contributed by atoms with Crippen molar-refractivity contribution in [2.45, 2.75) is 12.5 Å². The molecule has 1 aromatic heterocycles. The number of carbonyl (C=O) groups is 1. The van der Waals surface area contributed by atoms with E-state index >= 15 is 0 Å². The van der Waals surface area contributed by atoms with Crippen molar-refractivity contribution in [3.63, 3.8) is 0 Å². The molecule has 0 aliphatic carbocycles. The number of anilines is 1. The quantitative estimate of drug-likeness (QED) is 0.902. The summed E-state index contributed by atoms with van der Waals surface area (Å²) in [4.78, 5) is 13.4. The zero-order chi connectivity index (χ0) is 13.2. The maximum atomic E-state index is 12.2. The maximum Gasteiger partial charge on any atom is 0.229 e. The molecule has 0 bridgehead atoms. The fourth-order valence-electron chi connectivity index (χ4n) is 2.26. The first-order chi connectivity index (χ1) is 9.24. The number of thiophene rings is 1. The van der Waals surface area contributed by atoms with Gasteiger partial charge in [0, 0.05) is 17.1 Å². The second-order valence-electron chi connectivity index (χ2n) is 4.44. The van der Waals surface area contributed by atoms with Gasteiger partial charge in [0.25, 0.3) is 0 Å². The van der Waals surface area contributed by atoms with Gasteiger partial charge in [-0.2, -0.15) is 0 Å². The van der Waals surface area contributed by atoms with E-state index in [2.05, 4.69) is 26.6 Å². The summed E-state index contributed by atoms with van der Waals surface area (Å²) in [5.41, 5.74) is 2.16. The molecule has 1 aliphatic heterocycles. The van der Waals surface area contributed by atoms with Gasteiger partial charge in [-0.05, 0) is 39.7 Å². The van der Waals surface area contributed by atoms with Crippen LogP contribution in [0, 0.1) is 0 Å². The minimum absolute atomic E-state index is 0.0837. The summed E-state index contributed by atoms with van der Waals surface area (Å²) in [6.07, 6.45) is 0. The third-order valence-corrected chi connectivity index (χ3v) is 4.84. The topological polar surface area (TPSA) is 41.1 Å². The Morgan fingerprint density at radius 1 is 1.37 bits per heavy atom. The van der Waals surface area contributed by atoms with E-state index < -0.39 is 0 Å². The molecular formula is C14H13BrN2OS. The lowest BCUT2D eigenvalue weighted by Gasteiger charge is -2.10. The molecule has 0 radical (unpaired) electrons. The molecule has 3 rings (SSSR count). The van der Waals surface area contributed by atoms with Crippen molar-refractivity contribution in [3.05, 3.63) is 50.6 Å². The fraction of sp³-hybridized carbons (Fsp3) is 0.214. The third-order valence-electron chi connectivity index (χ3n) is 3.22. The van der Waals surface area contributed by atoms with Crippen LogP contribution in [0.2, 0.25) is 0 Å². The molecule has 19 heavy (non-hydrogen) atoms. The van der Waals surface area contributed by atoms with Crippen molar-refractivity contribution in [1.29, 1.82) is 0 Å². The smallest absolute Gasteiger partial charge is 0.229 e. The highest BCUT2D eigenvalue weighted by Crippen LogP contribution is 2.31. The van der Waals surface area contributed by atoms with Crippen LogP contribution in [0.4, 0.5) is 5.69 Å². The molecular weight excluding hydrogens is 324 g/mol. The molecule has 3 nitrogen and oxygen atoms in total. The molecule has 1 amide bonds. The molecule has 1 atom stereocenters. The van der Waals surface area contributed by atoms with E-state index in [4.69, 9.17) is 0 Å². The summed E-state index contributed by atoms with van der Waals surface area (Å²) in [5, 5.41) is 6.27. The predicted octanol–water partition coefficient (Wildman–Crippen LogP) is 3.34. The Kier molecular flexibility index (Phi) is 3.57. The first kappa shape index (κ1) is 12.7. The predicted molar refractivity (Wildman–Crippen MR) is 81.5 cm³/mol. The van der Waals surface area contributed by atoms with Gasteiger partial charge in [0.15, 0.2) is 0 Å². The number of halogens is 1. The molecule has 0 saturated heterocycles. The largest absolute Gasteiger partial charge is 0.384 e. The van der Waals surface area contributed by atoms with Gasteiger partial charge in [-0.15, -0.1) is 11.3 Å². The summed E-state index contributed by atoms with van der Waals surface area (Å²) in [6, 6.07) is 12.0. The molecule has 0 spiro atoms. The molecule has 5 heteroatoms. The zero-order valence-electron chi connectivity index (χ0n) is 10.2. The molecule has 0 fully saturated rings. The van der Waals surface area contributed by atoms with Crippen LogP contribution in [0.15, 0.2) is 40.2 Å². The number of hydrogen-bond donors (Lipinski definition) is 2. The van der Waals surface area contributed by atoms with Crippen LogP contribution in [0.3, 0.4) is 0 Å². The van der Waals surface area contributed by atoms with Crippen LogP contribution >= 0.6 is 27.3 Å². The lowest BCUT2D eigenvalue weighted by atomic mass is 10.0. The highest BCUT2D eigenvalue weighted by molar-refractivity contribution is 9.11. The van der Waals surface area contributed by atoms with Crippen molar-refractivity contribution < 1.29 is 4.79 Å². The molecule has 98 valence electrons. The van der Waals surface area contributed by atoms with E-state index in [0.29, 0.717) is 13.1 Å². The second kappa shape index (κ2) is 5.35. The molecule has 2 aromatic rings. The summed E-state index contributed by atoms with van der Waals surface area (Å²) in [7, 11) is 0. The van der Waals surface area contributed by atoms with Crippen LogP contribution in [0.1, 0.15) is 16.4 Å². The Labute approximate surface area is 124 Å². The summed E-state index contributed by atoms with van der Waals surface area (Å²) >= 11 is 5.07. The van der Waals surface area contributed by atoms with E-state index in [0.717, 1.165) is 19.9 Å². The summed E-state index contributed by atoms with van der Waals surface area (Å²) in [5.74, 6) is 0.00146. The number of rotatable bonds is 3. The van der Waals surface area contributed by atoms with Crippen LogP contribution < -0.4 is 10.6 Å². The lowest BCUT2D eigenvalue weighted by molar-refractivity contribution is -0.122. The maximum absolute atomic E-state index is 12.2. The third kappa shape index (κ3) is 2.67. The number of amides is 1. The van der Waals surface area contributed by atoms with Gasteiger partial charge in [0.2, 0.25) is 5.91 Å². The fourth-order valence-corrected chi connectivity index (χ4v) is 3.68. The van der Waals surface area contributed by atoms with E-state index in [1.807, 2.05) is 36.4 Å². The van der Waals surface area contributed by atoms with E-state index in [-0.39, 0.29) is 11.8 Å². The van der Waals surface area contributed by atoms with E-state index in [1.54, 1.807) is 11.3 Å². The standard InChI is InChI=1S/C14H13BrN2OS/c15-13-6-5-9(19-13)7-17-14(18)11-8-16-12-4-2-1-3-10(11)12/h1-6,11,16H,7-8H2,(H,17,18).